The summed E-state index contributed by atoms with van der Waals surface area (Å²) < 4.78 is 50.1. The number of aliphatic hydroxyl groups is 1. The molecule has 0 unspecified atom stereocenters. The Bertz CT molecular complexity index is 866. The molecule has 0 saturated carbocycles. The van der Waals surface area contributed by atoms with Crippen LogP contribution >= 0.6 is 0 Å². The van der Waals surface area contributed by atoms with Crippen molar-refractivity contribution in [1.82, 2.24) is 14.8 Å². The summed E-state index contributed by atoms with van der Waals surface area (Å²) in [6.07, 6.45) is -4.79. The van der Waals surface area contributed by atoms with Crippen molar-refractivity contribution in [2.24, 2.45) is 5.92 Å². The number of halogens is 3. The van der Waals surface area contributed by atoms with Crippen molar-refractivity contribution in [1.29, 1.82) is 0 Å². The number of benzene rings is 1. The Kier molecular flexibility index (Phi) is 4.50. The van der Waals surface area contributed by atoms with Crippen LogP contribution in [0.15, 0.2) is 24.3 Å². The average Bonchev–Trinajstić information content (AvgIpc) is 3.02. The lowest BCUT2D eigenvalue weighted by atomic mass is 9.83. The molecule has 0 radical (unpaired) electrons. The molecule has 0 amide bonds. The number of hydrogen-bond acceptors (Lipinski definition) is 7. The lowest BCUT2D eigenvalue weighted by Gasteiger charge is -2.41. The molecule has 3 rings (SSSR count). The highest BCUT2D eigenvalue weighted by Crippen LogP contribution is 2.42. The number of nitrogens with one attached hydrogen (secondary N) is 1. The number of alkyl halides is 3. The summed E-state index contributed by atoms with van der Waals surface area (Å²) in [7, 11) is 2.55. The molecule has 2 N–H and O–H groups in total. The number of esters is 1. The molecule has 0 fully saturated rings. The molecule has 1 aliphatic heterocycles. The van der Waals surface area contributed by atoms with Crippen LogP contribution in [-0.4, -0.2) is 45.8 Å². The van der Waals surface area contributed by atoms with Crippen molar-refractivity contribution in [3.63, 3.8) is 0 Å². The summed E-state index contributed by atoms with van der Waals surface area (Å²) in [5.74, 6) is -3.41. The minimum atomic E-state index is -4.79. The number of rotatable bonds is 3. The molecule has 3 atom stereocenters. The maximum Gasteiger partial charge on any atom is 0.453 e. The molecule has 1 aromatic heterocycles. The lowest BCUT2D eigenvalue weighted by molar-refractivity contribution is -0.156. The Morgan fingerprint density at radius 1 is 1.37 bits per heavy atom. The zero-order valence-corrected chi connectivity index (χ0v) is 14.6. The van der Waals surface area contributed by atoms with Gasteiger partial charge in [0.2, 0.25) is 5.95 Å². The first-order valence-electron chi connectivity index (χ1n) is 7.84. The smallest absolute Gasteiger partial charge is 0.453 e. The maximum absolute atomic E-state index is 13.1. The Balaban J connectivity index is 2.23. The van der Waals surface area contributed by atoms with Gasteiger partial charge in [0.1, 0.15) is 11.7 Å². The second kappa shape index (κ2) is 6.41. The second-order valence-electron chi connectivity index (χ2n) is 6.20. The number of ether oxygens (including phenoxy) is 2. The molecule has 2 heterocycles. The fourth-order valence-electron chi connectivity index (χ4n) is 3.12. The van der Waals surface area contributed by atoms with Crippen LogP contribution in [0.2, 0.25) is 0 Å². The first-order chi connectivity index (χ1) is 12.6. The summed E-state index contributed by atoms with van der Waals surface area (Å²) in [5, 5.41) is 16.7. The first-order valence-corrected chi connectivity index (χ1v) is 7.84. The topological polar surface area (TPSA) is 98.5 Å². The van der Waals surface area contributed by atoms with Gasteiger partial charge in [0, 0.05) is 0 Å². The van der Waals surface area contributed by atoms with E-state index < -0.39 is 35.7 Å². The average molecular weight is 386 g/mol. The fourth-order valence-corrected chi connectivity index (χ4v) is 3.12. The predicted molar refractivity (Wildman–Crippen MR) is 85.9 cm³/mol. The standard InChI is InChI=1S/C16H17F3N4O4/c1-15(25)10(12(24)27-3)11(8-5-4-6-9(7-8)26-2)23-14(21-15)20-13(22-23)16(17,18)19/h4-7,10-11,25H,1-3H3,(H,20,21,22)/t10-,11+,15+/m1/s1. The van der Waals surface area contributed by atoms with Crippen LogP contribution in [0.25, 0.3) is 0 Å². The second-order valence-corrected chi connectivity index (χ2v) is 6.20. The molecule has 27 heavy (non-hydrogen) atoms. The third-order valence-electron chi connectivity index (χ3n) is 4.32. The predicted octanol–water partition coefficient (Wildman–Crippen LogP) is 1.82. The van der Waals surface area contributed by atoms with Crippen LogP contribution in [0, 0.1) is 5.92 Å². The molecular weight excluding hydrogens is 369 g/mol. The van der Waals surface area contributed by atoms with Crippen LogP contribution in [0.3, 0.4) is 0 Å². The van der Waals surface area contributed by atoms with Crippen LogP contribution in [-0.2, 0) is 15.7 Å². The van der Waals surface area contributed by atoms with E-state index in [1.54, 1.807) is 24.3 Å². The molecule has 0 saturated heterocycles. The van der Waals surface area contributed by atoms with E-state index in [1.807, 2.05) is 0 Å². The molecule has 11 heteroatoms. The van der Waals surface area contributed by atoms with E-state index in [4.69, 9.17) is 9.47 Å². The zero-order valence-electron chi connectivity index (χ0n) is 14.6. The maximum atomic E-state index is 13.1. The van der Waals surface area contributed by atoms with E-state index >= 15 is 0 Å². The van der Waals surface area contributed by atoms with Gasteiger partial charge in [0.15, 0.2) is 5.72 Å². The van der Waals surface area contributed by atoms with Crippen molar-refractivity contribution in [3.05, 3.63) is 35.7 Å². The Hall–Kier alpha value is -2.82. The molecule has 2 aromatic rings. The van der Waals surface area contributed by atoms with Crippen molar-refractivity contribution in [2.45, 2.75) is 24.9 Å². The van der Waals surface area contributed by atoms with E-state index in [0.717, 1.165) is 11.8 Å². The highest BCUT2D eigenvalue weighted by molar-refractivity contribution is 5.76. The van der Waals surface area contributed by atoms with E-state index in [0.29, 0.717) is 11.3 Å². The van der Waals surface area contributed by atoms with Gasteiger partial charge in [0.25, 0.3) is 5.82 Å². The van der Waals surface area contributed by atoms with E-state index in [1.165, 1.54) is 14.0 Å². The number of nitrogens with zero attached hydrogens (tertiary/aromatic N) is 3. The van der Waals surface area contributed by atoms with Gasteiger partial charge in [0.05, 0.1) is 20.3 Å². The van der Waals surface area contributed by atoms with Crippen LogP contribution in [0.1, 0.15) is 24.4 Å². The number of methoxy groups -OCH3 is 2. The van der Waals surface area contributed by atoms with Crippen LogP contribution in [0.5, 0.6) is 5.75 Å². The van der Waals surface area contributed by atoms with Crippen LogP contribution < -0.4 is 10.1 Å². The van der Waals surface area contributed by atoms with Crippen molar-refractivity contribution < 1.29 is 32.5 Å². The Morgan fingerprint density at radius 2 is 2.07 bits per heavy atom. The number of fused-ring (bicyclic) bond motifs is 1. The third-order valence-corrected chi connectivity index (χ3v) is 4.32. The highest BCUT2D eigenvalue weighted by Gasteiger charge is 2.52. The largest absolute Gasteiger partial charge is 0.497 e. The molecule has 146 valence electrons. The number of carbonyl (C=O) groups excluding carboxylic acids is 1. The van der Waals surface area contributed by atoms with E-state index in [2.05, 4.69) is 15.4 Å². The van der Waals surface area contributed by atoms with Gasteiger partial charge in [-0.3, -0.25) is 4.79 Å². The van der Waals surface area contributed by atoms with Crippen LogP contribution in [0.4, 0.5) is 19.1 Å². The quantitative estimate of drug-likeness (QED) is 0.777. The fraction of sp³-hybridized carbons (Fsp3) is 0.438. The molecule has 0 bridgehead atoms. The SMILES string of the molecule is COC(=O)[C@H]1[C@H](c2cccc(OC)c2)n2nc(C(F)(F)F)nc2N[C@@]1(C)O. The monoisotopic (exact) mass is 386 g/mol. The number of anilines is 1. The van der Waals surface area contributed by atoms with Gasteiger partial charge < -0.3 is 19.9 Å². The van der Waals surface area contributed by atoms with Crippen molar-refractivity contribution in [3.8, 4) is 5.75 Å². The minimum absolute atomic E-state index is 0.319. The van der Waals surface area contributed by atoms with E-state index in [-0.39, 0.29) is 5.95 Å². The zero-order chi connectivity index (χ0) is 20.0. The van der Waals surface area contributed by atoms with Gasteiger partial charge in [-0.1, -0.05) is 12.1 Å². The van der Waals surface area contributed by atoms with Gasteiger partial charge >= 0.3 is 12.1 Å². The number of hydrogen-bond donors (Lipinski definition) is 2. The van der Waals surface area contributed by atoms with E-state index in [9.17, 15) is 23.1 Å². The van der Waals surface area contributed by atoms with Gasteiger partial charge in [-0.05, 0) is 24.6 Å². The number of aromatic nitrogens is 3. The number of carbonyl (C=O) groups is 1. The molecule has 0 aliphatic carbocycles. The first kappa shape index (κ1) is 19.0. The molecule has 1 aliphatic rings. The Morgan fingerprint density at radius 3 is 2.67 bits per heavy atom. The summed E-state index contributed by atoms with van der Waals surface area (Å²) in [5.41, 5.74) is -1.54. The highest BCUT2D eigenvalue weighted by atomic mass is 19.4. The minimum Gasteiger partial charge on any atom is -0.497 e. The van der Waals surface area contributed by atoms with Gasteiger partial charge in [-0.25, -0.2) is 4.68 Å². The summed E-state index contributed by atoms with van der Waals surface area (Å²) in [4.78, 5) is 15.8. The summed E-state index contributed by atoms with van der Waals surface area (Å²) in [6.45, 7) is 1.26. The van der Waals surface area contributed by atoms with Crippen molar-refractivity contribution >= 4 is 11.9 Å². The summed E-state index contributed by atoms with van der Waals surface area (Å²) >= 11 is 0. The van der Waals surface area contributed by atoms with Gasteiger partial charge in [-0.15, -0.1) is 5.10 Å². The molecule has 8 nitrogen and oxygen atoms in total. The lowest BCUT2D eigenvalue weighted by Crippen LogP contribution is -2.55. The molecular formula is C16H17F3N4O4. The molecule has 1 aromatic carbocycles. The van der Waals surface area contributed by atoms with Crippen molar-refractivity contribution in [2.75, 3.05) is 19.5 Å². The molecule has 0 spiro atoms. The normalized spacial score (nSPS) is 24.7. The Labute approximate surface area is 151 Å². The van der Waals surface area contributed by atoms with Gasteiger partial charge in [-0.2, -0.15) is 18.2 Å². The summed E-state index contributed by atoms with van der Waals surface area (Å²) in [6, 6.07) is 5.27. The third kappa shape index (κ3) is 3.29.